The molecule has 0 aliphatic heterocycles. The van der Waals surface area contributed by atoms with Crippen LogP contribution in [-0.2, 0) is 28.7 Å². The first-order valence-corrected chi connectivity index (χ1v) is 14.7. The van der Waals surface area contributed by atoms with Gasteiger partial charge < -0.3 is 33.3 Å². The normalized spacial score (nSPS) is 10.7. The SMILES string of the molecule is C=CC(=O)OCCCCOOc1ccc(/C=N/N=C/c2ccc(OC(=O)OCCCCOC(=O)C=C)c(OCC)c2)cc1OCC. The van der Waals surface area contributed by atoms with E-state index in [0.29, 0.717) is 73.9 Å². The van der Waals surface area contributed by atoms with E-state index in [1.165, 1.54) is 6.21 Å². The maximum Gasteiger partial charge on any atom is 0.513 e. The summed E-state index contributed by atoms with van der Waals surface area (Å²) >= 11 is 0. The van der Waals surface area contributed by atoms with Gasteiger partial charge in [-0.25, -0.2) is 14.4 Å². The molecule has 2 rings (SSSR count). The molecule has 0 aromatic heterocycles. The Balaban J connectivity index is 1.88. The van der Waals surface area contributed by atoms with Crippen molar-refractivity contribution in [3.05, 3.63) is 72.8 Å². The Bertz CT molecular complexity index is 1340. The van der Waals surface area contributed by atoms with Crippen molar-refractivity contribution in [2.75, 3.05) is 39.6 Å². The van der Waals surface area contributed by atoms with Crippen molar-refractivity contribution >= 4 is 30.5 Å². The average Bonchev–Trinajstić information content (AvgIpc) is 3.06. The number of nitrogens with zero attached hydrogens (tertiary/aromatic N) is 2. The summed E-state index contributed by atoms with van der Waals surface area (Å²) < 4.78 is 31.4. The van der Waals surface area contributed by atoms with E-state index in [1.807, 2.05) is 6.92 Å². The molecule has 0 saturated carbocycles. The van der Waals surface area contributed by atoms with Gasteiger partial charge in [0.15, 0.2) is 17.2 Å². The molecule has 248 valence electrons. The number of carbonyl (C=O) groups excluding carboxylic acids is 3. The van der Waals surface area contributed by atoms with Crippen molar-refractivity contribution in [1.29, 1.82) is 0 Å². The predicted molar refractivity (Wildman–Crippen MR) is 170 cm³/mol. The van der Waals surface area contributed by atoms with Crippen molar-refractivity contribution in [2.45, 2.75) is 39.5 Å². The Morgan fingerprint density at radius 1 is 0.652 bits per heavy atom. The molecule has 0 spiro atoms. The average molecular weight is 641 g/mol. The van der Waals surface area contributed by atoms with E-state index in [1.54, 1.807) is 49.5 Å². The van der Waals surface area contributed by atoms with E-state index in [-0.39, 0.29) is 25.6 Å². The molecule has 13 heteroatoms. The number of hydrogen-bond donors (Lipinski definition) is 0. The van der Waals surface area contributed by atoms with Crippen molar-refractivity contribution in [3.63, 3.8) is 0 Å². The summed E-state index contributed by atoms with van der Waals surface area (Å²) in [5, 5.41) is 8.20. The summed E-state index contributed by atoms with van der Waals surface area (Å²) in [5.74, 6) is 0.442. The molecular formula is C33H40N2O11. The van der Waals surface area contributed by atoms with E-state index >= 15 is 0 Å². The lowest BCUT2D eigenvalue weighted by Gasteiger charge is -2.11. The number of carbonyl (C=O) groups is 3. The highest BCUT2D eigenvalue weighted by molar-refractivity contribution is 5.84. The third-order valence-electron chi connectivity index (χ3n) is 5.56. The highest BCUT2D eigenvalue weighted by Gasteiger charge is 2.13. The van der Waals surface area contributed by atoms with Gasteiger partial charge in [0.1, 0.15) is 0 Å². The quantitative estimate of drug-likeness (QED) is 0.0225. The topological polar surface area (TPSA) is 150 Å². The van der Waals surface area contributed by atoms with Crippen LogP contribution >= 0.6 is 0 Å². The van der Waals surface area contributed by atoms with Gasteiger partial charge in [-0.05, 0) is 87.1 Å². The fourth-order valence-corrected chi connectivity index (χ4v) is 3.41. The fourth-order valence-electron chi connectivity index (χ4n) is 3.41. The summed E-state index contributed by atoms with van der Waals surface area (Å²) in [6.07, 6.45) is 6.66. The number of benzene rings is 2. The molecule has 0 atom stereocenters. The first-order chi connectivity index (χ1) is 22.4. The largest absolute Gasteiger partial charge is 0.513 e. The lowest BCUT2D eigenvalue weighted by Crippen LogP contribution is -2.13. The zero-order valence-corrected chi connectivity index (χ0v) is 26.1. The summed E-state index contributed by atoms with van der Waals surface area (Å²) in [7, 11) is 0. The number of ether oxygens (including phenoxy) is 6. The van der Waals surface area contributed by atoms with Crippen molar-refractivity contribution < 1.29 is 52.6 Å². The van der Waals surface area contributed by atoms with Gasteiger partial charge in [0, 0.05) is 12.2 Å². The zero-order chi connectivity index (χ0) is 33.4. The van der Waals surface area contributed by atoms with Crippen LogP contribution in [0.3, 0.4) is 0 Å². The lowest BCUT2D eigenvalue weighted by molar-refractivity contribution is -0.208. The minimum Gasteiger partial charge on any atom is -0.490 e. The maximum atomic E-state index is 12.1. The highest BCUT2D eigenvalue weighted by atomic mass is 17.2. The summed E-state index contributed by atoms with van der Waals surface area (Å²) in [6.45, 7) is 12.0. The molecule has 0 N–H and O–H groups in total. The van der Waals surface area contributed by atoms with Gasteiger partial charge in [-0.15, -0.1) is 0 Å². The second-order valence-electron chi connectivity index (χ2n) is 9.03. The van der Waals surface area contributed by atoms with Crippen LogP contribution < -0.4 is 19.1 Å². The Kier molecular flexibility index (Phi) is 18.0. The third-order valence-corrected chi connectivity index (χ3v) is 5.56. The fraction of sp³-hybridized carbons (Fsp3) is 0.364. The third kappa shape index (κ3) is 15.0. The van der Waals surface area contributed by atoms with Crippen LogP contribution in [0.15, 0.2) is 71.9 Å². The molecule has 0 bridgehead atoms. The second kappa shape index (κ2) is 22.4. The van der Waals surface area contributed by atoms with E-state index in [4.69, 9.17) is 38.2 Å². The zero-order valence-electron chi connectivity index (χ0n) is 26.1. The van der Waals surface area contributed by atoms with Crippen LogP contribution in [0.25, 0.3) is 0 Å². The van der Waals surface area contributed by atoms with Gasteiger partial charge in [0.25, 0.3) is 0 Å². The van der Waals surface area contributed by atoms with Crippen LogP contribution in [0.1, 0.15) is 50.7 Å². The van der Waals surface area contributed by atoms with Gasteiger partial charge in [-0.1, -0.05) is 13.2 Å². The summed E-state index contributed by atoms with van der Waals surface area (Å²) in [4.78, 5) is 44.8. The smallest absolute Gasteiger partial charge is 0.490 e. The van der Waals surface area contributed by atoms with Gasteiger partial charge in [0.2, 0.25) is 5.75 Å². The molecule has 0 aliphatic rings. The molecule has 0 unspecified atom stereocenters. The molecule has 0 saturated heterocycles. The van der Waals surface area contributed by atoms with Crippen LogP contribution in [0.2, 0.25) is 0 Å². The Morgan fingerprint density at radius 2 is 1.13 bits per heavy atom. The molecular weight excluding hydrogens is 600 g/mol. The van der Waals surface area contributed by atoms with Gasteiger partial charge in [-0.3, -0.25) is 0 Å². The van der Waals surface area contributed by atoms with Crippen LogP contribution in [0.4, 0.5) is 4.79 Å². The van der Waals surface area contributed by atoms with Crippen LogP contribution in [0, 0.1) is 0 Å². The molecule has 0 radical (unpaired) electrons. The van der Waals surface area contributed by atoms with E-state index in [9.17, 15) is 14.4 Å². The summed E-state index contributed by atoms with van der Waals surface area (Å²) in [5.41, 5.74) is 1.37. The van der Waals surface area contributed by atoms with Gasteiger partial charge in [0.05, 0.1) is 52.1 Å². The monoisotopic (exact) mass is 640 g/mol. The molecule has 2 aromatic carbocycles. The number of hydrogen-bond acceptors (Lipinski definition) is 13. The molecule has 13 nitrogen and oxygen atoms in total. The molecule has 2 aromatic rings. The van der Waals surface area contributed by atoms with E-state index in [2.05, 4.69) is 23.4 Å². The van der Waals surface area contributed by atoms with Crippen LogP contribution in [-0.4, -0.2) is 70.2 Å². The van der Waals surface area contributed by atoms with Gasteiger partial charge >= 0.3 is 18.1 Å². The van der Waals surface area contributed by atoms with Crippen molar-refractivity contribution in [1.82, 2.24) is 0 Å². The minimum atomic E-state index is -0.881. The number of esters is 2. The molecule has 0 aliphatic carbocycles. The molecule has 46 heavy (non-hydrogen) atoms. The van der Waals surface area contributed by atoms with Crippen molar-refractivity contribution in [2.24, 2.45) is 10.2 Å². The lowest BCUT2D eigenvalue weighted by atomic mass is 10.2. The summed E-state index contributed by atoms with van der Waals surface area (Å²) in [6, 6.07) is 10.1. The maximum absolute atomic E-state index is 12.1. The number of rotatable bonds is 22. The van der Waals surface area contributed by atoms with Crippen LogP contribution in [0.5, 0.6) is 23.0 Å². The second-order valence-corrected chi connectivity index (χ2v) is 9.03. The predicted octanol–water partition coefficient (Wildman–Crippen LogP) is 5.78. The Hall–Kier alpha value is -5.17. The molecule has 0 heterocycles. The Labute approximate surface area is 268 Å². The molecule has 0 amide bonds. The molecule has 0 fully saturated rings. The first kappa shape index (κ1) is 37.0. The first-order valence-electron chi connectivity index (χ1n) is 14.7. The highest BCUT2D eigenvalue weighted by Crippen LogP contribution is 2.29. The van der Waals surface area contributed by atoms with Gasteiger partial charge in [-0.2, -0.15) is 15.1 Å². The number of unbranched alkanes of at least 4 members (excludes halogenated alkanes) is 2. The standard InChI is InChI=1S/C33H40N2O11/c1-5-31(36)41-17-9-10-19-43-33(38)45-27-15-13-25(21-29(27)39-7-3)23-34-35-24-26-14-16-28(30(22-26)40-8-4)46-44-20-12-11-18-42-32(37)6-2/h5-6,13-16,21-24H,1-2,7-12,17-20H2,3-4H3/b34-23+,35-24+. The minimum absolute atomic E-state index is 0.102. The van der Waals surface area contributed by atoms with Crippen molar-refractivity contribution in [3.8, 4) is 23.0 Å². The Morgan fingerprint density at radius 3 is 1.65 bits per heavy atom. The van der Waals surface area contributed by atoms with E-state index < -0.39 is 18.1 Å². The van der Waals surface area contributed by atoms with E-state index in [0.717, 1.165) is 12.2 Å².